The molecule has 0 saturated heterocycles. The molecule has 0 aliphatic heterocycles. The summed E-state index contributed by atoms with van der Waals surface area (Å²) in [5, 5.41) is 8.91. The van der Waals surface area contributed by atoms with Gasteiger partial charge in [-0.1, -0.05) is 0 Å². The molecule has 0 unspecified atom stereocenters. The van der Waals surface area contributed by atoms with Crippen LogP contribution in [0.4, 0.5) is 0 Å². The highest BCUT2D eigenvalue weighted by atomic mass is 16.5. The van der Waals surface area contributed by atoms with Gasteiger partial charge in [-0.05, 0) is 30.7 Å². The van der Waals surface area contributed by atoms with Crippen LogP contribution in [-0.2, 0) is 9.53 Å². The predicted octanol–water partition coefficient (Wildman–Crippen LogP) is 1.08. The number of rotatable bonds is 8. The third kappa shape index (κ3) is 5.43. The molecule has 0 bridgehead atoms. The minimum Gasteiger partial charge on any atom is -0.497 e. The van der Waals surface area contributed by atoms with Gasteiger partial charge in [0.05, 0.1) is 20.6 Å². The van der Waals surface area contributed by atoms with E-state index in [0.717, 1.165) is 0 Å². The van der Waals surface area contributed by atoms with Crippen molar-refractivity contribution in [3.63, 3.8) is 0 Å². The zero-order valence-electron chi connectivity index (χ0n) is 12.4. The highest BCUT2D eigenvalue weighted by molar-refractivity contribution is 5.94. The number of benzene rings is 1. The summed E-state index contributed by atoms with van der Waals surface area (Å²) in [6.07, 6.45) is 0.590. The average Bonchev–Trinajstić information content (AvgIpc) is 2.54. The van der Waals surface area contributed by atoms with E-state index in [4.69, 9.17) is 9.84 Å². The second kappa shape index (κ2) is 8.97. The van der Waals surface area contributed by atoms with Crippen LogP contribution < -0.4 is 4.74 Å². The molecule has 0 atom stereocenters. The van der Waals surface area contributed by atoms with E-state index in [-0.39, 0.29) is 31.4 Å². The summed E-state index contributed by atoms with van der Waals surface area (Å²) in [6, 6.07) is 6.76. The number of hydrogen-bond acceptors (Lipinski definition) is 5. The largest absolute Gasteiger partial charge is 0.497 e. The first-order valence-electron chi connectivity index (χ1n) is 6.73. The van der Waals surface area contributed by atoms with Crippen molar-refractivity contribution in [2.75, 3.05) is 33.9 Å². The maximum atomic E-state index is 12.4. The molecule has 0 heterocycles. The van der Waals surface area contributed by atoms with Gasteiger partial charge in [-0.25, -0.2) is 0 Å². The lowest BCUT2D eigenvalue weighted by molar-refractivity contribution is -0.140. The molecule has 21 heavy (non-hydrogen) atoms. The van der Waals surface area contributed by atoms with Gasteiger partial charge in [-0.2, -0.15) is 0 Å². The quantitative estimate of drug-likeness (QED) is 0.726. The lowest BCUT2D eigenvalue weighted by atomic mass is 10.1. The molecule has 0 aliphatic rings. The minimum absolute atomic E-state index is 0.00931. The fourth-order valence-electron chi connectivity index (χ4n) is 1.82. The van der Waals surface area contributed by atoms with Crippen LogP contribution in [0.1, 0.15) is 23.2 Å². The predicted molar refractivity (Wildman–Crippen MR) is 77.2 cm³/mol. The van der Waals surface area contributed by atoms with Crippen molar-refractivity contribution < 1.29 is 24.2 Å². The number of aliphatic hydroxyl groups is 1. The number of amides is 1. The fourth-order valence-corrected chi connectivity index (χ4v) is 1.82. The first-order valence-corrected chi connectivity index (χ1v) is 6.73. The number of ether oxygens (including phenoxy) is 2. The van der Waals surface area contributed by atoms with Crippen LogP contribution in [0.2, 0.25) is 0 Å². The third-order valence-corrected chi connectivity index (χ3v) is 3.02. The van der Waals surface area contributed by atoms with Gasteiger partial charge in [0.25, 0.3) is 5.91 Å². The number of methoxy groups -OCH3 is 2. The molecular formula is C15H21NO5. The highest BCUT2D eigenvalue weighted by Crippen LogP contribution is 2.13. The molecule has 116 valence electrons. The summed E-state index contributed by atoms with van der Waals surface area (Å²) in [4.78, 5) is 25.1. The van der Waals surface area contributed by atoms with Crippen LogP contribution >= 0.6 is 0 Å². The first-order chi connectivity index (χ1) is 10.1. The van der Waals surface area contributed by atoms with E-state index in [2.05, 4.69) is 4.74 Å². The molecule has 1 rings (SSSR count). The average molecular weight is 295 g/mol. The van der Waals surface area contributed by atoms with Crippen LogP contribution in [0, 0.1) is 0 Å². The zero-order chi connectivity index (χ0) is 15.7. The number of nitrogens with zero attached hydrogens (tertiary/aromatic N) is 1. The molecule has 0 fully saturated rings. The van der Waals surface area contributed by atoms with Crippen LogP contribution in [0.5, 0.6) is 5.75 Å². The Bertz CT molecular complexity index is 458. The molecule has 1 aromatic carbocycles. The van der Waals surface area contributed by atoms with E-state index >= 15 is 0 Å². The smallest absolute Gasteiger partial charge is 0.307 e. The molecule has 6 heteroatoms. The Balaban J connectivity index is 2.74. The lowest BCUT2D eigenvalue weighted by Crippen LogP contribution is -2.34. The van der Waals surface area contributed by atoms with Gasteiger partial charge in [0.15, 0.2) is 0 Å². The molecular weight excluding hydrogens is 274 g/mol. The standard InChI is InChI=1S/C15H21NO5/c1-20-13-6-4-12(5-7-13)15(19)16(9-3-11-17)10-8-14(18)21-2/h4-7,17H,3,8-11H2,1-2H3. The fraction of sp³-hybridized carbons (Fsp3) is 0.467. The molecule has 1 amide bonds. The topological polar surface area (TPSA) is 76.1 Å². The Kier molecular flexibility index (Phi) is 7.25. The summed E-state index contributed by atoms with van der Waals surface area (Å²) >= 11 is 0. The highest BCUT2D eigenvalue weighted by Gasteiger charge is 2.16. The van der Waals surface area contributed by atoms with Crippen molar-refractivity contribution in [3.05, 3.63) is 29.8 Å². The van der Waals surface area contributed by atoms with Gasteiger partial charge < -0.3 is 19.5 Å². The van der Waals surface area contributed by atoms with Gasteiger partial charge in [0.2, 0.25) is 0 Å². The van der Waals surface area contributed by atoms with E-state index in [9.17, 15) is 9.59 Å². The number of hydrogen-bond donors (Lipinski definition) is 1. The number of carbonyl (C=O) groups is 2. The summed E-state index contributed by atoms with van der Waals surface area (Å²) in [5.74, 6) is 0.115. The van der Waals surface area contributed by atoms with Crippen molar-refractivity contribution in [1.29, 1.82) is 0 Å². The van der Waals surface area contributed by atoms with Gasteiger partial charge in [0.1, 0.15) is 5.75 Å². The second-order valence-corrected chi connectivity index (χ2v) is 4.42. The van der Waals surface area contributed by atoms with Crippen molar-refractivity contribution in [2.45, 2.75) is 12.8 Å². The van der Waals surface area contributed by atoms with E-state index in [1.165, 1.54) is 12.0 Å². The maximum absolute atomic E-state index is 12.4. The lowest BCUT2D eigenvalue weighted by Gasteiger charge is -2.22. The summed E-state index contributed by atoms with van der Waals surface area (Å²) in [7, 11) is 2.87. The second-order valence-electron chi connectivity index (χ2n) is 4.42. The van der Waals surface area contributed by atoms with Crippen molar-refractivity contribution in [1.82, 2.24) is 4.90 Å². The molecule has 1 aromatic rings. The van der Waals surface area contributed by atoms with E-state index in [1.54, 1.807) is 31.4 Å². The number of carbonyl (C=O) groups excluding carboxylic acids is 2. The Morgan fingerprint density at radius 2 is 1.81 bits per heavy atom. The Morgan fingerprint density at radius 1 is 1.14 bits per heavy atom. The van der Waals surface area contributed by atoms with Gasteiger partial charge in [-0.3, -0.25) is 9.59 Å². The molecule has 6 nitrogen and oxygen atoms in total. The molecule has 0 radical (unpaired) electrons. The van der Waals surface area contributed by atoms with Crippen LogP contribution in [0.15, 0.2) is 24.3 Å². The van der Waals surface area contributed by atoms with Crippen LogP contribution in [0.3, 0.4) is 0 Å². The van der Waals surface area contributed by atoms with Crippen molar-refractivity contribution >= 4 is 11.9 Å². The monoisotopic (exact) mass is 295 g/mol. The van der Waals surface area contributed by atoms with Crippen LogP contribution in [-0.4, -0.2) is 55.8 Å². The summed E-state index contributed by atoms with van der Waals surface area (Å²) in [5.41, 5.74) is 0.513. The SMILES string of the molecule is COC(=O)CCN(CCCO)C(=O)c1ccc(OC)cc1. The normalized spacial score (nSPS) is 10.0. The van der Waals surface area contributed by atoms with Crippen molar-refractivity contribution in [3.8, 4) is 5.75 Å². The molecule has 0 aromatic heterocycles. The third-order valence-electron chi connectivity index (χ3n) is 3.02. The summed E-state index contributed by atoms with van der Waals surface area (Å²) in [6.45, 7) is 0.639. The Morgan fingerprint density at radius 3 is 2.33 bits per heavy atom. The van der Waals surface area contributed by atoms with E-state index in [1.807, 2.05) is 0 Å². The van der Waals surface area contributed by atoms with Crippen LogP contribution in [0.25, 0.3) is 0 Å². The Hall–Kier alpha value is -2.08. The minimum atomic E-state index is -0.369. The van der Waals surface area contributed by atoms with Crippen molar-refractivity contribution in [2.24, 2.45) is 0 Å². The maximum Gasteiger partial charge on any atom is 0.307 e. The van der Waals surface area contributed by atoms with Gasteiger partial charge >= 0.3 is 5.97 Å². The van der Waals surface area contributed by atoms with Gasteiger partial charge in [-0.15, -0.1) is 0 Å². The molecule has 0 spiro atoms. The molecule has 1 N–H and O–H groups in total. The van der Waals surface area contributed by atoms with Gasteiger partial charge in [0, 0.05) is 25.3 Å². The Labute approximate surface area is 124 Å². The number of esters is 1. The van der Waals surface area contributed by atoms with E-state index < -0.39 is 0 Å². The molecule has 0 saturated carbocycles. The zero-order valence-corrected chi connectivity index (χ0v) is 12.4. The molecule has 0 aliphatic carbocycles. The summed E-state index contributed by atoms with van der Waals surface area (Å²) < 4.78 is 9.63. The first kappa shape index (κ1) is 17.0. The number of aliphatic hydroxyl groups excluding tert-OH is 1. The van der Waals surface area contributed by atoms with E-state index in [0.29, 0.717) is 24.3 Å².